The summed E-state index contributed by atoms with van der Waals surface area (Å²) in [6, 6.07) is 16.4. The van der Waals surface area contributed by atoms with Crippen LogP contribution in [0.5, 0.6) is 0 Å². The first-order valence-corrected chi connectivity index (χ1v) is 9.73. The Balaban J connectivity index is 1.76. The number of pyridine rings is 1. The fourth-order valence-corrected chi connectivity index (χ4v) is 3.76. The maximum atomic E-state index is 12.9. The Hall–Kier alpha value is -3.74. The van der Waals surface area contributed by atoms with Crippen molar-refractivity contribution in [1.29, 1.82) is 0 Å². The fourth-order valence-electron chi connectivity index (χ4n) is 3.76. The molecule has 2 N–H and O–H groups in total. The highest BCUT2D eigenvalue weighted by molar-refractivity contribution is 6.03. The third-order valence-electron chi connectivity index (χ3n) is 5.30. The number of carbonyl (C=O) groups excluding carboxylic acids is 1. The molecule has 2 aromatic carbocycles. The minimum atomic E-state index is -1.05. The molecule has 0 saturated heterocycles. The van der Waals surface area contributed by atoms with Crippen molar-refractivity contribution in [3.05, 3.63) is 81.6 Å². The molecular weight excluding hydrogens is 382 g/mol. The van der Waals surface area contributed by atoms with Gasteiger partial charge in [-0.15, -0.1) is 0 Å². The van der Waals surface area contributed by atoms with Crippen LogP contribution in [0, 0.1) is 6.92 Å². The first-order valence-electron chi connectivity index (χ1n) is 9.73. The van der Waals surface area contributed by atoms with Crippen molar-refractivity contribution in [3.63, 3.8) is 0 Å². The number of hydrazone groups is 1. The van der Waals surface area contributed by atoms with E-state index >= 15 is 0 Å². The average Bonchev–Trinajstić information content (AvgIpc) is 3.18. The Morgan fingerprint density at radius 1 is 1.13 bits per heavy atom. The molecule has 0 saturated carbocycles. The second kappa shape index (κ2) is 7.94. The van der Waals surface area contributed by atoms with Crippen molar-refractivity contribution >= 4 is 28.5 Å². The lowest BCUT2D eigenvalue weighted by Gasteiger charge is -2.21. The Morgan fingerprint density at radius 3 is 2.63 bits per heavy atom. The molecule has 2 heterocycles. The first kappa shape index (κ1) is 19.6. The van der Waals surface area contributed by atoms with Crippen LogP contribution in [0.25, 0.3) is 10.9 Å². The van der Waals surface area contributed by atoms with Crippen LogP contribution in [-0.2, 0) is 9.59 Å². The Labute approximate surface area is 172 Å². The molecule has 1 amide bonds. The quantitative estimate of drug-likeness (QED) is 0.682. The number of aryl methyl sites for hydroxylation is 1. The van der Waals surface area contributed by atoms with Gasteiger partial charge >= 0.3 is 5.97 Å². The van der Waals surface area contributed by atoms with Crippen molar-refractivity contribution < 1.29 is 14.7 Å². The van der Waals surface area contributed by atoms with Crippen molar-refractivity contribution in [3.8, 4) is 0 Å². The zero-order chi connectivity index (χ0) is 21.3. The summed E-state index contributed by atoms with van der Waals surface area (Å²) in [6.07, 6.45) is -0.0866. The topological polar surface area (TPSA) is 103 Å². The highest BCUT2D eigenvalue weighted by Crippen LogP contribution is 2.33. The van der Waals surface area contributed by atoms with Crippen LogP contribution in [0.15, 0.2) is 64.5 Å². The summed E-state index contributed by atoms with van der Waals surface area (Å²) in [5.41, 5.74) is 3.43. The van der Waals surface area contributed by atoms with E-state index in [0.717, 1.165) is 22.0 Å². The number of aliphatic carboxylic acids is 1. The number of nitrogens with one attached hydrogen (secondary N) is 1. The van der Waals surface area contributed by atoms with Gasteiger partial charge in [0.25, 0.3) is 5.56 Å². The van der Waals surface area contributed by atoms with E-state index in [1.54, 1.807) is 6.07 Å². The molecule has 0 aliphatic carbocycles. The van der Waals surface area contributed by atoms with Gasteiger partial charge in [-0.05, 0) is 29.5 Å². The Bertz CT molecular complexity index is 1210. The molecule has 1 aliphatic rings. The number of aromatic amines is 1. The molecule has 4 rings (SSSR count). The number of rotatable bonds is 5. The van der Waals surface area contributed by atoms with Gasteiger partial charge in [-0.3, -0.25) is 14.4 Å². The summed E-state index contributed by atoms with van der Waals surface area (Å²) < 4.78 is 0. The third kappa shape index (κ3) is 3.74. The monoisotopic (exact) mass is 403 g/mol. The molecule has 30 heavy (non-hydrogen) atoms. The standard InChI is InChI=1S/C23H21N3O4/c1-14-6-5-9-16-12-17(23(30)24-22(14)16)19-13-18(15-7-3-2-4-8-15)25-26(19)20(27)10-11-21(28)29/h2-9,12,19H,10-11,13H2,1H3,(H,24,30)(H,28,29). The van der Waals surface area contributed by atoms with Crippen LogP contribution in [0.3, 0.4) is 0 Å². The normalized spacial score (nSPS) is 16.0. The van der Waals surface area contributed by atoms with Gasteiger partial charge in [-0.25, -0.2) is 5.01 Å². The number of nitrogens with zero attached hydrogens (tertiary/aromatic N) is 2. The minimum Gasteiger partial charge on any atom is -0.481 e. The van der Waals surface area contributed by atoms with E-state index in [2.05, 4.69) is 10.1 Å². The lowest BCUT2D eigenvalue weighted by Crippen LogP contribution is -2.31. The molecular formula is C23H21N3O4. The van der Waals surface area contributed by atoms with E-state index in [9.17, 15) is 14.4 Å². The van der Waals surface area contributed by atoms with Crippen LogP contribution in [0.2, 0.25) is 0 Å². The second-order valence-electron chi connectivity index (χ2n) is 7.36. The lowest BCUT2D eigenvalue weighted by molar-refractivity contribution is -0.141. The molecule has 0 bridgehead atoms. The van der Waals surface area contributed by atoms with Crippen molar-refractivity contribution in [2.75, 3.05) is 0 Å². The highest BCUT2D eigenvalue weighted by Gasteiger charge is 2.34. The average molecular weight is 403 g/mol. The smallest absolute Gasteiger partial charge is 0.303 e. The van der Waals surface area contributed by atoms with E-state index in [1.165, 1.54) is 5.01 Å². The molecule has 0 radical (unpaired) electrons. The predicted octanol–water partition coefficient (Wildman–Crippen LogP) is 3.38. The third-order valence-corrected chi connectivity index (χ3v) is 5.30. The van der Waals surface area contributed by atoms with Gasteiger partial charge in [0.1, 0.15) is 0 Å². The number of carboxylic acid groups (broad SMARTS) is 1. The maximum absolute atomic E-state index is 12.9. The summed E-state index contributed by atoms with van der Waals surface area (Å²) in [5, 5.41) is 15.6. The van der Waals surface area contributed by atoms with E-state index in [-0.39, 0.29) is 18.4 Å². The number of benzene rings is 2. The molecule has 1 aromatic heterocycles. The summed E-state index contributed by atoms with van der Waals surface area (Å²) >= 11 is 0. The zero-order valence-electron chi connectivity index (χ0n) is 16.5. The molecule has 7 nitrogen and oxygen atoms in total. The summed E-state index contributed by atoms with van der Waals surface area (Å²) in [5.74, 6) is -1.47. The van der Waals surface area contributed by atoms with Gasteiger partial charge in [0.2, 0.25) is 5.91 Å². The molecule has 7 heteroatoms. The Kier molecular flexibility index (Phi) is 5.18. The van der Waals surface area contributed by atoms with Gasteiger partial charge in [0.15, 0.2) is 0 Å². The van der Waals surface area contributed by atoms with E-state index in [4.69, 9.17) is 5.11 Å². The van der Waals surface area contributed by atoms with Crippen LogP contribution in [-0.4, -0.2) is 32.7 Å². The molecule has 1 aliphatic heterocycles. The van der Waals surface area contributed by atoms with Crippen molar-refractivity contribution in [2.24, 2.45) is 5.10 Å². The number of carbonyl (C=O) groups is 2. The van der Waals surface area contributed by atoms with Gasteiger partial charge in [0.05, 0.1) is 23.7 Å². The van der Waals surface area contributed by atoms with E-state index < -0.39 is 17.9 Å². The summed E-state index contributed by atoms with van der Waals surface area (Å²) in [6.45, 7) is 1.92. The van der Waals surface area contributed by atoms with Crippen LogP contribution < -0.4 is 5.56 Å². The zero-order valence-corrected chi connectivity index (χ0v) is 16.5. The van der Waals surface area contributed by atoms with Crippen LogP contribution >= 0.6 is 0 Å². The predicted molar refractivity (Wildman–Crippen MR) is 113 cm³/mol. The number of amides is 1. The van der Waals surface area contributed by atoms with E-state index in [1.807, 2.05) is 55.5 Å². The molecule has 3 aromatic rings. The van der Waals surface area contributed by atoms with Gasteiger partial charge in [0, 0.05) is 18.4 Å². The van der Waals surface area contributed by atoms with Crippen molar-refractivity contribution in [2.45, 2.75) is 32.2 Å². The molecule has 0 spiro atoms. The number of H-pyrrole nitrogens is 1. The number of hydrogen-bond acceptors (Lipinski definition) is 4. The molecule has 152 valence electrons. The maximum Gasteiger partial charge on any atom is 0.303 e. The lowest BCUT2D eigenvalue weighted by atomic mass is 9.97. The highest BCUT2D eigenvalue weighted by atomic mass is 16.4. The molecule has 0 fully saturated rings. The SMILES string of the molecule is Cc1cccc2cc(C3CC(c4ccccc4)=NN3C(=O)CCC(=O)O)c(=O)[nH]c12. The Morgan fingerprint density at radius 2 is 1.90 bits per heavy atom. The number of aromatic nitrogens is 1. The summed E-state index contributed by atoms with van der Waals surface area (Å²) in [4.78, 5) is 39.6. The van der Waals surface area contributed by atoms with Crippen LogP contribution in [0.4, 0.5) is 0 Å². The second-order valence-corrected chi connectivity index (χ2v) is 7.36. The number of para-hydroxylation sites is 1. The first-order chi connectivity index (χ1) is 14.4. The number of fused-ring (bicyclic) bond motifs is 1. The number of hydrogen-bond donors (Lipinski definition) is 2. The van der Waals surface area contributed by atoms with Gasteiger partial charge in [-0.1, -0.05) is 48.5 Å². The fraction of sp³-hybridized carbons (Fsp3) is 0.217. The largest absolute Gasteiger partial charge is 0.481 e. The molecule has 1 unspecified atom stereocenters. The van der Waals surface area contributed by atoms with Gasteiger partial charge < -0.3 is 10.1 Å². The molecule has 1 atom stereocenters. The van der Waals surface area contributed by atoms with Crippen molar-refractivity contribution in [1.82, 2.24) is 9.99 Å². The minimum absolute atomic E-state index is 0.179. The van der Waals surface area contributed by atoms with E-state index in [0.29, 0.717) is 17.7 Å². The van der Waals surface area contributed by atoms with Crippen LogP contribution in [0.1, 0.15) is 42.0 Å². The van der Waals surface area contributed by atoms with Gasteiger partial charge in [-0.2, -0.15) is 5.10 Å². The summed E-state index contributed by atoms with van der Waals surface area (Å²) in [7, 11) is 0. The number of carboxylic acids is 1.